The van der Waals surface area contributed by atoms with E-state index in [9.17, 15) is 27.6 Å². The third-order valence-electron chi connectivity index (χ3n) is 6.42. The summed E-state index contributed by atoms with van der Waals surface area (Å²) in [6.07, 6.45) is 4.77. The van der Waals surface area contributed by atoms with Gasteiger partial charge in [0.05, 0.1) is 16.7 Å². The molecule has 0 spiro atoms. The molecule has 2 heterocycles. The second-order valence-electron chi connectivity index (χ2n) is 8.60. The summed E-state index contributed by atoms with van der Waals surface area (Å²) in [5, 5.41) is 2.53. The first-order chi connectivity index (χ1) is 15.8. The average molecular weight is 478 g/mol. The van der Waals surface area contributed by atoms with Crippen molar-refractivity contribution in [3.8, 4) is 0 Å². The van der Waals surface area contributed by atoms with Gasteiger partial charge in [-0.15, -0.1) is 0 Å². The highest BCUT2D eigenvalue weighted by atomic mass is 32.2. The summed E-state index contributed by atoms with van der Waals surface area (Å²) in [7, 11) is -3.54. The molecule has 2 saturated heterocycles. The minimum Gasteiger partial charge on any atom is -0.454 e. The molecule has 33 heavy (non-hydrogen) atoms. The molecule has 11 heteroatoms. The van der Waals surface area contributed by atoms with Crippen LogP contribution in [0.25, 0.3) is 0 Å². The normalized spacial score (nSPS) is 23.5. The highest BCUT2D eigenvalue weighted by Crippen LogP contribution is 2.37. The Morgan fingerprint density at radius 2 is 1.52 bits per heavy atom. The lowest BCUT2D eigenvalue weighted by Crippen LogP contribution is -2.37. The van der Waals surface area contributed by atoms with Crippen molar-refractivity contribution >= 4 is 39.4 Å². The number of anilines is 1. The summed E-state index contributed by atoms with van der Waals surface area (Å²) in [4.78, 5) is 50.2. The number of ether oxygens (including phenoxy) is 1. The number of hydrogen-bond donors (Lipinski definition) is 1. The van der Waals surface area contributed by atoms with Crippen LogP contribution in [-0.4, -0.2) is 67.6 Å². The van der Waals surface area contributed by atoms with Gasteiger partial charge < -0.3 is 10.1 Å². The van der Waals surface area contributed by atoms with Crippen LogP contribution < -0.4 is 5.32 Å². The SMILES string of the molecule is O=C(COC(=O)CN1C(=O)C2CCCCC2C1=O)Nc1ccc(S(=O)(=O)N2CCCC2)cc1. The van der Waals surface area contributed by atoms with Crippen molar-refractivity contribution in [1.82, 2.24) is 9.21 Å². The van der Waals surface area contributed by atoms with Crippen molar-refractivity contribution in [2.45, 2.75) is 43.4 Å². The predicted octanol–water partition coefficient (Wildman–Crippen LogP) is 1.13. The van der Waals surface area contributed by atoms with E-state index in [0.29, 0.717) is 31.6 Å². The number of carbonyl (C=O) groups is 4. The molecule has 3 fully saturated rings. The first-order valence-electron chi connectivity index (χ1n) is 11.2. The minimum absolute atomic E-state index is 0.148. The quantitative estimate of drug-likeness (QED) is 0.460. The predicted molar refractivity (Wildman–Crippen MR) is 116 cm³/mol. The van der Waals surface area contributed by atoms with Crippen molar-refractivity contribution in [1.29, 1.82) is 0 Å². The summed E-state index contributed by atoms with van der Waals surface area (Å²) in [5.41, 5.74) is 0.352. The molecule has 1 aromatic rings. The first-order valence-corrected chi connectivity index (χ1v) is 12.6. The smallest absolute Gasteiger partial charge is 0.326 e. The van der Waals surface area contributed by atoms with Crippen LogP contribution in [0.1, 0.15) is 38.5 Å². The van der Waals surface area contributed by atoms with E-state index >= 15 is 0 Å². The fourth-order valence-electron chi connectivity index (χ4n) is 4.69. The topological polar surface area (TPSA) is 130 Å². The molecule has 3 aliphatic rings. The number of rotatable bonds is 7. The number of hydrogen-bond acceptors (Lipinski definition) is 7. The standard InChI is InChI=1S/C22H27N3O7S/c26-19(23-15-7-9-16(10-8-15)33(30,31)24-11-3-4-12-24)14-32-20(27)13-25-21(28)17-5-1-2-6-18(17)22(25)29/h7-10,17-18H,1-6,11-14H2,(H,23,26). The Morgan fingerprint density at radius 3 is 2.09 bits per heavy atom. The Balaban J connectivity index is 1.26. The van der Waals surface area contributed by atoms with Gasteiger partial charge in [-0.3, -0.25) is 24.1 Å². The van der Waals surface area contributed by atoms with Crippen molar-refractivity contribution < 1.29 is 32.3 Å². The molecule has 3 amide bonds. The maximum Gasteiger partial charge on any atom is 0.326 e. The van der Waals surface area contributed by atoms with Gasteiger partial charge in [0.2, 0.25) is 21.8 Å². The van der Waals surface area contributed by atoms with Gasteiger partial charge in [0.1, 0.15) is 6.54 Å². The summed E-state index contributed by atoms with van der Waals surface area (Å²) in [6.45, 7) is -0.0824. The highest BCUT2D eigenvalue weighted by Gasteiger charge is 2.48. The van der Waals surface area contributed by atoms with Gasteiger partial charge in [0.15, 0.2) is 6.61 Å². The number of nitrogens with zero attached hydrogens (tertiary/aromatic N) is 2. The second-order valence-corrected chi connectivity index (χ2v) is 10.5. The first kappa shape index (κ1) is 23.4. The Bertz CT molecular complexity index is 1020. The monoisotopic (exact) mass is 477 g/mol. The molecule has 178 valence electrons. The molecule has 2 atom stereocenters. The van der Waals surface area contributed by atoms with E-state index in [0.717, 1.165) is 30.6 Å². The molecular formula is C22H27N3O7S. The van der Waals surface area contributed by atoms with E-state index in [1.54, 1.807) is 0 Å². The van der Waals surface area contributed by atoms with Crippen molar-refractivity contribution in [3.05, 3.63) is 24.3 Å². The number of carbonyl (C=O) groups excluding carboxylic acids is 4. The summed E-state index contributed by atoms with van der Waals surface area (Å²) in [6, 6.07) is 5.76. The number of esters is 1. The molecular weight excluding hydrogens is 450 g/mol. The van der Waals surface area contributed by atoms with E-state index < -0.39 is 35.1 Å². The lowest BCUT2D eigenvalue weighted by atomic mass is 9.81. The molecule has 1 saturated carbocycles. The number of amides is 3. The van der Waals surface area contributed by atoms with Crippen LogP contribution in [0.3, 0.4) is 0 Å². The molecule has 2 aliphatic heterocycles. The van der Waals surface area contributed by atoms with E-state index in [-0.39, 0.29) is 28.5 Å². The lowest BCUT2D eigenvalue weighted by Gasteiger charge is -2.19. The summed E-state index contributed by atoms with van der Waals surface area (Å²) in [5.74, 6) is -2.83. The van der Waals surface area contributed by atoms with Crippen LogP contribution in [0, 0.1) is 11.8 Å². The zero-order chi connectivity index (χ0) is 23.6. The van der Waals surface area contributed by atoms with Crippen LogP contribution in [0.15, 0.2) is 29.2 Å². The zero-order valence-corrected chi connectivity index (χ0v) is 19.0. The van der Waals surface area contributed by atoms with E-state index in [2.05, 4.69) is 5.32 Å². The molecule has 1 N–H and O–H groups in total. The summed E-state index contributed by atoms with van der Waals surface area (Å²) >= 11 is 0. The van der Waals surface area contributed by atoms with Gasteiger partial charge in [-0.2, -0.15) is 4.31 Å². The van der Waals surface area contributed by atoms with Crippen LogP contribution in [-0.2, 0) is 33.9 Å². The number of nitrogens with one attached hydrogen (secondary N) is 1. The maximum absolute atomic E-state index is 12.5. The van der Waals surface area contributed by atoms with Crippen LogP contribution >= 0.6 is 0 Å². The van der Waals surface area contributed by atoms with Gasteiger partial charge in [0, 0.05) is 18.8 Å². The Labute approximate surface area is 192 Å². The van der Waals surface area contributed by atoms with Gasteiger partial charge >= 0.3 is 5.97 Å². The molecule has 2 unspecified atom stereocenters. The van der Waals surface area contributed by atoms with Crippen molar-refractivity contribution in [2.24, 2.45) is 11.8 Å². The third-order valence-corrected chi connectivity index (χ3v) is 8.34. The zero-order valence-electron chi connectivity index (χ0n) is 18.2. The second kappa shape index (κ2) is 9.60. The molecule has 1 aromatic carbocycles. The number of likely N-dealkylation sites (tertiary alicyclic amines) is 1. The lowest BCUT2D eigenvalue weighted by molar-refractivity contribution is -0.154. The Kier molecular flexibility index (Phi) is 6.80. The summed E-state index contributed by atoms with van der Waals surface area (Å²) < 4.78 is 31.5. The Hall–Kier alpha value is -2.79. The Morgan fingerprint density at radius 1 is 0.939 bits per heavy atom. The average Bonchev–Trinajstić information content (AvgIpc) is 3.43. The van der Waals surface area contributed by atoms with E-state index in [1.807, 2.05) is 0 Å². The molecule has 1 aliphatic carbocycles. The minimum atomic E-state index is -3.54. The fourth-order valence-corrected chi connectivity index (χ4v) is 6.21. The molecule has 10 nitrogen and oxygen atoms in total. The van der Waals surface area contributed by atoms with Gasteiger partial charge in [0.25, 0.3) is 5.91 Å². The molecule has 0 aromatic heterocycles. The molecule has 0 radical (unpaired) electrons. The van der Waals surface area contributed by atoms with Gasteiger partial charge in [-0.05, 0) is 49.9 Å². The number of benzene rings is 1. The van der Waals surface area contributed by atoms with Crippen molar-refractivity contribution in [3.63, 3.8) is 0 Å². The van der Waals surface area contributed by atoms with Gasteiger partial charge in [-0.25, -0.2) is 8.42 Å². The largest absolute Gasteiger partial charge is 0.454 e. The van der Waals surface area contributed by atoms with Crippen molar-refractivity contribution in [2.75, 3.05) is 31.6 Å². The van der Waals surface area contributed by atoms with Crippen LogP contribution in [0.4, 0.5) is 5.69 Å². The number of sulfonamides is 1. The highest BCUT2D eigenvalue weighted by molar-refractivity contribution is 7.89. The molecule has 4 rings (SSSR count). The van der Waals surface area contributed by atoms with Crippen LogP contribution in [0.2, 0.25) is 0 Å². The van der Waals surface area contributed by atoms with E-state index in [4.69, 9.17) is 4.74 Å². The van der Waals surface area contributed by atoms with Crippen LogP contribution in [0.5, 0.6) is 0 Å². The van der Waals surface area contributed by atoms with E-state index in [1.165, 1.54) is 28.6 Å². The number of fused-ring (bicyclic) bond motifs is 1. The third kappa shape index (κ3) is 4.93. The fraction of sp³-hybridized carbons (Fsp3) is 0.545. The molecule has 0 bridgehead atoms. The number of imide groups is 1. The van der Waals surface area contributed by atoms with Gasteiger partial charge in [-0.1, -0.05) is 12.8 Å². The maximum atomic E-state index is 12.5.